The van der Waals surface area contributed by atoms with Gasteiger partial charge in [-0.15, -0.1) is 0 Å². The Morgan fingerprint density at radius 3 is 1.95 bits per heavy atom. The number of piperazine rings is 1. The van der Waals surface area contributed by atoms with Gasteiger partial charge in [0.05, 0.1) is 18.1 Å². The largest absolute Gasteiger partial charge is 0.272 e. The van der Waals surface area contributed by atoms with E-state index in [9.17, 15) is 16.8 Å². The van der Waals surface area contributed by atoms with E-state index in [1.807, 2.05) is 0 Å². The molecule has 0 saturated carbocycles. The van der Waals surface area contributed by atoms with Crippen LogP contribution in [0.5, 0.6) is 0 Å². The van der Waals surface area contributed by atoms with E-state index in [2.05, 4.69) is 5.10 Å². The van der Waals surface area contributed by atoms with Crippen LogP contribution in [0.4, 0.5) is 0 Å². The Morgan fingerprint density at radius 1 is 1.05 bits per heavy atom. The van der Waals surface area contributed by atoms with Gasteiger partial charge in [-0.05, 0) is 6.92 Å². The van der Waals surface area contributed by atoms with E-state index in [0.29, 0.717) is 5.69 Å². The molecule has 8 nitrogen and oxygen atoms in total. The first-order valence-electron chi connectivity index (χ1n) is 6.08. The van der Waals surface area contributed by atoms with Gasteiger partial charge >= 0.3 is 0 Å². The third kappa shape index (κ3) is 2.73. The van der Waals surface area contributed by atoms with Crippen LogP contribution < -0.4 is 0 Å². The molecular formula is C10H18N4O4S2. The maximum atomic E-state index is 12.5. The zero-order chi connectivity index (χ0) is 15.1. The lowest BCUT2D eigenvalue weighted by atomic mass is 10.4. The summed E-state index contributed by atoms with van der Waals surface area (Å²) < 4.78 is 51.9. The molecule has 0 radical (unpaired) electrons. The van der Waals surface area contributed by atoms with Crippen LogP contribution >= 0.6 is 0 Å². The Hall–Kier alpha value is -0.970. The lowest BCUT2D eigenvalue weighted by Gasteiger charge is -2.32. The number of sulfonamides is 2. The molecule has 1 aliphatic heterocycles. The fraction of sp³-hybridized carbons (Fsp3) is 0.700. The molecule has 1 saturated heterocycles. The van der Waals surface area contributed by atoms with Crippen LogP contribution in [-0.4, -0.2) is 67.7 Å². The molecule has 1 fully saturated rings. The van der Waals surface area contributed by atoms with Crippen LogP contribution in [0.1, 0.15) is 5.69 Å². The highest BCUT2D eigenvalue weighted by Gasteiger charge is 2.33. The SMILES string of the molecule is Cc1c(S(=O)(=O)N2CCN(S(C)(=O)=O)CC2)cnn1C. The van der Waals surface area contributed by atoms with E-state index < -0.39 is 20.0 Å². The van der Waals surface area contributed by atoms with Crippen LogP contribution in [0, 0.1) is 6.92 Å². The Labute approximate surface area is 119 Å². The molecule has 2 heterocycles. The molecule has 10 heteroatoms. The predicted octanol–water partition coefficient (Wildman–Crippen LogP) is -1.01. The molecule has 1 aromatic rings. The maximum Gasteiger partial charge on any atom is 0.246 e. The summed E-state index contributed by atoms with van der Waals surface area (Å²) in [6.45, 7) is 2.36. The third-order valence-electron chi connectivity index (χ3n) is 3.47. The Kier molecular flexibility index (Phi) is 3.93. The minimum Gasteiger partial charge on any atom is -0.272 e. The molecule has 0 spiro atoms. The van der Waals surface area contributed by atoms with E-state index in [-0.39, 0.29) is 31.1 Å². The van der Waals surface area contributed by atoms with Gasteiger partial charge in [-0.1, -0.05) is 0 Å². The van der Waals surface area contributed by atoms with E-state index in [0.717, 1.165) is 6.26 Å². The van der Waals surface area contributed by atoms with Crippen molar-refractivity contribution in [1.82, 2.24) is 18.4 Å². The van der Waals surface area contributed by atoms with Gasteiger partial charge in [0.1, 0.15) is 4.90 Å². The molecular weight excluding hydrogens is 304 g/mol. The summed E-state index contributed by atoms with van der Waals surface area (Å²) in [5.41, 5.74) is 0.565. The lowest BCUT2D eigenvalue weighted by Crippen LogP contribution is -2.50. The van der Waals surface area contributed by atoms with Gasteiger partial charge in [0.15, 0.2) is 0 Å². The molecule has 0 amide bonds. The molecule has 0 aliphatic carbocycles. The van der Waals surface area contributed by atoms with E-state index in [1.54, 1.807) is 14.0 Å². The van der Waals surface area contributed by atoms with Crippen molar-refractivity contribution in [3.63, 3.8) is 0 Å². The van der Waals surface area contributed by atoms with Crippen LogP contribution in [0.25, 0.3) is 0 Å². The Morgan fingerprint density at radius 2 is 1.55 bits per heavy atom. The number of aromatic nitrogens is 2. The van der Waals surface area contributed by atoms with Crippen LogP contribution in [0.2, 0.25) is 0 Å². The van der Waals surface area contributed by atoms with Crippen LogP contribution in [0.3, 0.4) is 0 Å². The zero-order valence-electron chi connectivity index (χ0n) is 11.6. The smallest absolute Gasteiger partial charge is 0.246 e. The van der Waals surface area contributed by atoms with Crippen molar-refractivity contribution < 1.29 is 16.8 Å². The number of rotatable bonds is 3. The van der Waals surface area contributed by atoms with Crippen molar-refractivity contribution in [1.29, 1.82) is 0 Å². The fourth-order valence-corrected chi connectivity index (χ4v) is 4.55. The van der Waals surface area contributed by atoms with Gasteiger partial charge < -0.3 is 0 Å². The normalized spacial score (nSPS) is 19.4. The van der Waals surface area contributed by atoms with E-state index in [1.165, 1.54) is 19.5 Å². The number of hydrogen-bond donors (Lipinski definition) is 0. The van der Waals surface area contributed by atoms with Crippen molar-refractivity contribution in [3.05, 3.63) is 11.9 Å². The first-order chi connectivity index (χ1) is 9.14. The van der Waals surface area contributed by atoms with Gasteiger partial charge in [-0.2, -0.15) is 13.7 Å². The van der Waals surface area contributed by atoms with Crippen LogP contribution in [0.15, 0.2) is 11.1 Å². The molecule has 0 aromatic carbocycles. The first-order valence-corrected chi connectivity index (χ1v) is 9.37. The quantitative estimate of drug-likeness (QED) is 0.711. The van der Waals surface area contributed by atoms with Gasteiger partial charge in [0.25, 0.3) is 0 Å². The average molecular weight is 322 g/mol. The number of aryl methyl sites for hydroxylation is 1. The number of hydrogen-bond acceptors (Lipinski definition) is 5. The number of nitrogens with zero attached hydrogens (tertiary/aromatic N) is 4. The second kappa shape index (κ2) is 5.10. The van der Waals surface area contributed by atoms with E-state index >= 15 is 0 Å². The predicted molar refractivity (Wildman–Crippen MR) is 73.1 cm³/mol. The Bertz CT molecular complexity index is 700. The standard InChI is InChI=1S/C10H18N4O4S2/c1-9-10(8-11-12(9)2)20(17,18)14-6-4-13(5-7-14)19(3,15)16/h8H,4-7H2,1-3H3. The second-order valence-corrected chi connectivity index (χ2v) is 8.67. The summed E-state index contributed by atoms with van der Waals surface area (Å²) in [7, 11) is -5.20. The van der Waals surface area contributed by atoms with Crippen molar-refractivity contribution >= 4 is 20.0 Å². The van der Waals surface area contributed by atoms with Crippen molar-refractivity contribution in [3.8, 4) is 0 Å². The highest BCUT2D eigenvalue weighted by Crippen LogP contribution is 2.20. The molecule has 0 atom stereocenters. The molecule has 0 N–H and O–H groups in total. The lowest BCUT2D eigenvalue weighted by molar-refractivity contribution is 0.274. The summed E-state index contributed by atoms with van der Waals surface area (Å²) in [6.07, 6.45) is 2.45. The van der Waals surface area contributed by atoms with E-state index in [4.69, 9.17) is 0 Å². The minimum absolute atomic E-state index is 0.156. The average Bonchev–Trinajstić information content (AvgIpc) is 2.69. The van der Waals surface area contributed by atoms with Crippen molar-refractivity contribution in [2.75, 3.05) is 32.4 Å². The summed E-state index contributed by atoms with van der Waals surface area (Å²) in [4.78, 5) is 0.174. The molecule has 20 heavy (non-hydrogen) atoms. The highest BCUT2D eigenvalue weighted by atomic mass is 32.2. The monoisotopic (exact) mass is 322 g/mol. The maximum absolute atomic E-state index is 12.5. The van der Waals surface area contributed by atoms with Gasteiger partial charge in [-0.3, -0.25) is 4.68 Å². The van der Waals surface area contributed by atoms with Crippen molar-refractivity contribution in [2.24, 2.45) is 7.05 Å². The first kappa shape index (κ1) is 15.4. The second-order valence-electron chi connectivity index (χ2n) is 4.78. The molecule has 2 rings (SSSR count). The third-order valence-corrected chi connectivity index (χ3v) is 6.78. The molecule has 114 valence electrons. The molecule has 1 aliphatic rings. The van der Waals surface area contributed by atoms with Crippen molar-refractivity contribution in [2.45, 2.75) is 11.8 Å². The van der Waals surface area contributed by atoms with Gasteiger partial charge in [0.2, 0.25) is 20.0 Å². The minimum atomic E-state index is -3.61. The molecule has 0 bridgehead atoms. The summed E-state index contributed by atoms with van der Waals surface area (Å²) >= 11 is 0. The fourth-order valence-electron chi connectivity index (χ4n) is 2.11. The highest BCUT2D eigenvalue weighted by molar-refractivity contribution is 7.89. The Balaban J connectivity index is 2.20. The zero-order valence-corrected chi connectivity index (χ0v) is 13.3. The van der Waals surface area contributed by atoms with Gasteiger partial charge in [0, 0.05) is 33.2 Å². The molecule has 1 aromatic heterocycles. The molecule has 0 unspecified atom stereocenters. The van der Waals surface area contributed by atoms with Gasteiger partial charge in [-0.25, -0.2) is 16.8 Å². The summed E-state index contributed by atoms with van der Waals surface area (Å²) in [6, 6.07) is 0. The topological polar surface area (TPSA) is 92.6 Å². The van der Waals surface area contributed by atoms with Crippen LogP contribution in [-0.2, 0) is 27.1 Å². The summed E-state index contributed by atoms with van der Waals surface area (Å²) in [5, 5.41) is 3.94. The summed E-state index contributed by atoms with van der Waals surface area (Å²) in [5.74, 6) is 0.